The molecule has 5 nitrogen and oxygen atoms in total. The van der Waals surface area contributed by atoms with Gasteiger partial charge in [0.25, 0.3) is 5.91 Å². The average Bonchev–Trinajstić information content (AvgIpc) is 2.54. The van der Waals surface area contributed by atoms with Crippen LogP contribution in [0.5, 0.6) is 0 Å². The maximum atomic E-state index is 12.2. The molecule has 1 aromatic carbocycles. The summed E-state index contributed by atoms with van der Waals surface area (Å²) in [4.78, 5) is 28.1. The van der Waals surface area contributed by atoms with E-state index in [4.69, 9.17) is 5.73 Å². The van der Waals surface area contributed by atoms with Crippen molar-refractivity contribution in [1.29, 1.82) is 0 Å². The van der Waals surface area contributed by atoms with E-state index in [2.05, 4.69) is 10.3 Å². The molecule has 0 aliphatic rings. The Morgan fingerprint density at radius 3 is 2.64 bits per heavy atom. The fourth-order valence-electron chi connectivity index (χ4n) is 1.87. The number of nitrogens with one attached hydrogen (secondary N) is 1. The molecule has 1 aromatic heterocycles. The van der Waals surface area contributed by atoms with Gasteiger partial charge in [-0.15, -0.1) is 11.8 Å². The van der Waals surface area contributed by atoms with Gasteiger partial charge in [0, 0.05) is 29.8 Å². The number of carbonyl (C=O) groups is 2. The predicted molar refractivity (Wildman–Crippen MR) is 86.6 cm³/mol. The zero-order valence-corrected chi connectivity index (χ0v) is 12.8. The van der Waals surface area contributed by atoms with E-state index >= 15 is 0 Å². The van der Waals surface area contributed by atoms with Crippen molar-refractivity contribution in [1.82, 2.24) is 10.3 Å². The van der Waals surface area contributed by atoms with Crippen LogP contribution in [0.25, 0.3) is 0 Å². The summed E-state index contributed by atoms with van der Waals surface area (Å²) in [5.41, 5.74) is 6.62. The molecule has 2 aromatic rings. The molecule has 0 fully saturated rings. The largest absolute Gasteiger partial charge is 0.369 e. The number of nitrogens with zero attached hydrogens (tertiary/aromatic N) is 1. The van der Waals surface area contributed by atoms with E-state index in [0.29, 0.717) is 18.5 Å². The molecule has 114 valence electrons. The zero-order chi connectivity index (χ0) is 15.8. The minimum absolute atomic E-state index is 0.151. The lowest BCUT2D eigenvalue weighted by molar-refractivity contribution is -0.115. The molecular weight excluding hydrogens is 298 g/mol. The van der Waals surface area contributed by atoms with Crippen molar-refractivity contribution in [3.63, 3.8) is 0 Å². The summed E-state index contributed by atoms with van der Waals surface area (Å²) in [6, 6.07) is 12.9. The van der Waals surface area contributed by atoms with Crippen molar-refractivity contribution in [3.05, 3.63) is 59.9 Å². The molecule has 2 amide bonds. The molecule has 0 spiro atoms. The van der Waals surface area contributed by atoms with Crippen LogP contribution in [0, 0.1) is 0 Å². The molecule has 0 aliphatic heterocycles. The van der Waals surface area contributed by atoms with Gasteiger partial charge >= 0.3 is 0 Å². The van der Waals surface area contributed by atoms with Crippen molar-refractivity contribution in [2.75, 3.05) is 12.3 Å². The van der Waals surface area contributed by atoms with Crippen molar-refractivity contribution in [2.45, 2.75) is 11.3 Å². The molecular formula is C16H17N3O2S. The molecule has 6 heteroatoms. The van der Waals surface area contributed by atoms with E-state index in [-0.39, 0.29) is 11.7 Å². The van der Waals surface area contributed by atoms with Gasteiger partial charge in [-0.2, -0.15) is 0 Å². The van der Waals surface area contributed by atoms with E-state index < -0.39 is 5.91 Å². The first-order chi connectivity index (χ1) is 10.7. The molecule has 0 atom stereocenters. The third-order valence-electron chi connectivity index (χ3n) is 2.89. The molecule has 0 aliphatic carbocycles. The van der Waals surface area contributed by atoms with E-state index in [0.717, 1.165) is 10.6 Å². The molecule has 0 unspecified atom stereocenters. The number of benzene rings is 1. The smallest absolute Gasteiger partial charge is 0.252 e. The molecule has 1 heterocycles. The number of nitrogens with two attached hydrogens (primary N) is 1. The summed E-state index contributed by atoms with van der Waals surface area (Å²) in [5, 5.41) is 2.87. The Balaban J connectivity index is 1.93. The third-order valence-corrected chi connectivity index (χ3v) is 3.99. The van der Waals surface area contributed by atoms with E-state index in [1.807, 2.05) is 24.3 Å². The first kappa shape index (κ1) is 16.0. The van der Waals surface area contributed by atoms with Crippen molar-refractivity contribution in [3.8, 4) is 0 Å². The summed E-state index contributed by atoms with van der Waals surface area (Å²) in [6.45, 7) is 0.505. The number of primary amides is 1. The molecule has 2 rings (SSSR count). The van der Waals surface area contributed by atoms with Crippen LogP contribution in [0.4, 0.5) is 0 Å². The normalized spacial score (nSPS) is 10.2. The van der Waals surface area contributed by atoms with Crippen LogP contribution in [-0.4, -0.2) is 29.1 Å². The summed E-state index contributed by atoms with van der Waals surface area (Å²) in [7, 11) is 0. The van der Waals surface area contributed by atoms with Gasteiger partial charge in [-0.1, -0.05) is 18.2 Å². The number of amides is 2. The van der Waals surface area contributed by atoms with E-state index in [9.17, 15) is 9.59 Å². The van der Waals surface area contributed by atoms with Crippen LogP contribution in [0.1, 0.15) is 16.1 Å². The standard InChI is InChI=1S/C16H17N3O2S/c17-15(20)11-22-14-7-2-1-6-13(14)16(21)19-10-8-12-5-3-4-9-18-12/h1-7,9H,8,10-11H2,(H2,17,20)(H,19,21). The number of hydrogen-bond donors (Lipinski definition) is 2. The molecule has 0 bridgehead atoms. The highest BCUT2D eigenvalue weighted by Crippen LogP contribution is 2.22. The number of pyridine rings is 1. The van der Waals surface area contributed by atoms with Gasteiger partial charge in [0.2, 0.25) is 5.91 Å². The van der Waals surface area contributed by atoms with E-state index in [1.165, 1.54) is 11.8 Å². The highest BCUT2D eigenvalue weighted by Gasteiger charge is 2.11. The number of aromatic nitrogens is 1. The summed E-state index contributed by atoms with van der Waals surface area (Å²) in [5.74, 6) is -0.419. The first-order valence-electron chi connectivity index (χ1n) is 6.85. The van der Waals surface area contributed by atoms with Crippen LogP contribution in [0.2, 0.25) is 0 Å². The molecule has 0 saturated carbocycles. The zero-order valence-electron chi connectivity index (χ0n) is 12.0. The first-order valence-corrected chi connectivity index (χ1v) is 7.83. The lowest BCUT2D eigenvalue weighted by Crippen LogP contribution is -2.26. The van der Waals surface area contributed by atoms with Crippen LogP contribution in [0.15, 0.2) is 53.6 Å². The van der Waals surface area contributed by atoms with Crippen LogP contribution in [-0.2, 0) is 11.2 Å². The highest BCUT2D eigenvalue weighted by molar-refractivity contribution is 8.00. The Hall–Kier alpha value is -2.34. The number of thioether (sulfide) groups is 1. The Labute approximate surface area is 133 Å². The minimum Gasteiger partial charge on any atom is -0.369 e. The van der Waals surface area contributed by atoms with Crippen LogP contribution in [0.3, 0.4) is 0 Å². The Kier molecular flexibility index (Phi) is 5.97. The van der Waals surface area contributed by atoms with Crippen molar-refractivity contribution in [2.24, 2.45) is 5.73 Å². The van der Waals surface area contributed by atoms with Gasteiger partial charge in [0.1, 0.15) is 0 Å². The lowest BCUT2D eigenvalue weighted by Gasteiger charge is -2.09. The van der Waals surface area contributed by atoms with Gasteiger partial charge in [-0.25, -0.2) is 0 Å². The second-order valence-corrected chi connectivity index (χ2v) is 5.60. The maximum Gasteiger partial charge on any atom is 0.252 e. The molecule has 22 heavy (non-hydrogen) atoms. The van der Waals surface area contributed by atoms with Gasteiger partial charge in [-0.3, -0.25) is 14.6 Å². The SMILES string of the molecule is NC(=O)CSc1ccccc1C(=O)NCCc1ccccn1. The quantitative estimate of drug-likeness (QED) is 0.761. The van der Waals surface area contributed by atoms with Gasteiger partial charge < -0.3 is 11.1 Å². The van der Waals surface area contributed by atoms with Crippen LogP contribution >= 0.6 is 11.8 Å². The number of rotatable bonds is 7. The van der Waals surface area contributed by atoms with Crippen molar-refractivity contribution >= 4 is 23.6 Å². The monoisotopic (exact) mass is 315 g/mol. The summed E-state index contributed by atoms with van der Waals surface area (Å²) in [6.07, 6.45) is 2.40. The lowest BCUT2D eigenvalue weighted by atomic mass is 10.2. The summed E-state index contributed by atoms with van der Waals surface area (Å²) < 4.78 is 0. The third kappa shape index (κ3) is 4.89. The second-order valence-electron chi connectivity index (χ2n) is 4.58. The Bertz CT molecular complexity index is 647. The fourth-order valence-corrected chi connectivity index (χ4v) is 2.66. The van der Waals surface area contributed by atoms with Gasteiger partial charge in [-0.05, 0) is 24.3 Å². The second kappa shape index (κ2) is 8.19. The Morgan fingerprint density at radius 2 is 1.91 bits per heavy atom. The molecule has 3 N–H and O–H groups in total. The minimum atomic E-state index is -0.407. The number of hydrogen-bond acceptors (Lipinski definition) is 4. The summed E-state index contributed by atoms with van der Waals surface area (Å²) >= 11 is 1.27. The average molecular weight is 315 g/mol. The Morgan fingerprint density at radius 1 is 1.14 bits per heavy atom. The van der Waals surface area contributed by atoms with Crippen LogP contribution < -0.4 is 11.1 Å². The number of carbonyl (C=O) groups excluding carboxylic acids is 2. The van der Waals surface area contributed by atoms with Gasteiger partial charge in [0.05, 0.1) is 11.3 Å². The molecule has 0 saturated heterocycles. The topological polar surface area (TPSA) is 85.1 Å². The maximum absolute atomic E-state index is 12.2. The highest BCUT2D eigenvalue weighted by atomic mass is 32.2. The van der Waals surface area contributed by atoms with Crippen molar-refractivity contribution < 1.29 is 9.59 Å². The fraction of sp³-hybridized carbons (Fsp3) is 0.188. The molecule has 0 radical (unpaired) electrons. The van der Waals surface area contributed by atoms with E-state index in [1.54, 1.807) is 24.4 Å². The van der Waals surface area contributed by atoms with Gasteiger partial charge in [0.15, 0.2) is 0 Å². The predicted octanol–water partition coefficient (Wildman–Crippen LogP) is 1.63.